The third-order valence-electron chi connectivity index (χ3n) is 7.48. The van der Waals surface area contributed by atoms with Gasteiger partial charge in [0.2, 0.25) is 0 Å². The Morgan fingerprint density at radius 1 is 1.21 bits per heavy atom. The van der Waals surface area contributed by atoms with Crippen molar-refractivity contribution < 1.29 is 28.6 Å². The smallest absolute Gasteiger partial charge is 0.328 e. The van der Waals surface area contributed by atoms with Crippen molar-refractivity contribution in [2.24, 2.45) is 0 Å². The molecule has 4 heterocycles. The number of pyridine rings is 2. The largest absolute Gasteiger partial charge is 0.486 e. The summed E-state index contributed by atoms with van der Waals surface area (Å²) in [5, 5.41) is 12.2. The molecule has 39 heavy (non-hydrogen) atoms. The molecule has 0 aromatic carbocycles. The molecule has 5 rings (SSSR count). The Labute approximate surface area is 225 Å². The molecule has 2 fully saturated rings. The van der Waals surface area contributed by atoms with Crippen molar-refractivity contribution in [3.8, 4) is 11.8 Å². The molecule has 12 heteroatoms. The number of fused-ring (bicyclic) bond motifs is 1. The number of amides is 3. The lowest BCUT2D eigenvalue weighted by Gasteiger charge is -2.35. The van der Waals surface area contributed by atoms with E-state index in [0.29, 0.717) is 55.8 Å². The van der Waals surface area contributed by atoms with Gasteiger partial charge in [0.05, 0.1) is 12.3 Å². The molecular formula is C27H30N6O6. The number of carbonyl (C=O) groups is 3. The highest BCUT2D eigenvalue weighted by Crippen LogP contribution is 2.32. The second kappa shape index (κ2) is 11.3. The average Bonchev–Trinajstić information content (AvgIpc) is 3.29. The van der Waals surface area contributed by atoms with Crippen molar-refractivity contribution in [2.75, 3.05) is 37.5 Å². The number of urea groups is 1. The molecule has 1 aliphatic carbocycles. The first-order chi connectivity index (χ1) is 18.9. The number of hydrogen-bond acceptors (Lipinski definition) is 9. The average molecular weight is 535 g/mol. The molecule has 3 amide bonds. The third-order valence-corrected chi connectivity index (χ3v) is 7.48. The minimum absolute atomic E-state index is 0.0411. The van der Waals surface area contributed by atoms with Crippen molar-refractivity contribution in [3.05, 3.63) is 40.7 Å². The second-order valence-corrected chi connectivity index (χ2v) is 9.78. The summed E-state index contributed by atoms with van der Waals surface area (Å²) < 4.78 is 16.6. The van der Waals surface area contributed by atoms with E-state index in [2.05, 4.69) is 21.4 Å². The van der Waals surface area contributed by atoms with Crippen LogP contribution in [-0.2, 0) is 27.2 Å². The maximum absolute atomic E-state index is 13.3. The topological polar surface area (TPSA) is 147 Å². The van der Waals surface area contributed by atoms with Gasteiger partial charge in [-0.2, -0.15) is 5.26 Å². The lowest BCUT2D eigenvalue weighted by atomic mass is 9.92. The van der Waals surface area contributed by atoms with Crippen LogP contribution in [-0.4, -0.2) is 78.7 Å². The van der Waals surface area contributed by atoms with Crippen LogP contribution in [0.4, 0.5) is 16.4 Å². The predicted octanol–water partition coefficient (Wildman–Crippen LogP) is 2.45. The number of aryl methyl sites for hydroxylation is 1. The number of rotatable bonds is 8. The van der Waals surface area contributed by atoms with Gasteiger partial charge in [-0.05, 0) is 37.3 Å². The molecule has 204 valence electrons. The van der Waals surface area contributed by atoms with Crippen molar-refractivity contribution in [2.45, 2.75) is 57.0 Å². The van der Waals surface area contributed by atoms with Gasteiger partial charge in [0.1, 0.15) is 46.9 Å². The first-order valence-corrected chi connectivity index (χ1v) is 12.9. The van der Waals surface area contributed by atoms with E-state index in [1.807, 2.05) is 6.07 Å². The molecule has 2 aliphatic heterocycles. The fraction of sp³-hybridized carbons (Fsp3) is 0.481. The third kappa shape index (κ3) is 5.28. The maximum Gasteiger partial charge on any atom is 0.328 e. The standard InChI is InChI=1S/C27H30N6O6/c1-37-20-5-6-21(20)39-23-11-24(29-13-18(23)12-28)31-27(36)33-8-3-4-16-10-17(19(15-34)30-25(16)33)14-32-9-7-22(38-2)26(32)35/h10-11,13,15,20-22H,3-9,14H2,1-2H3,(H,29,31,36)/t20-,21+,22+/m1/s1. The Morgan fingerprint density at radius 3 is 2.69 bits per heavy atom. The second-order valence-electron chi connectivity index (χ2n) is 9.78. The summed E-state index contributed by atoms with van der Waals surface area (Å²) in [5.41, 5.74) is 1.90. The molecule has 1 saturated heterocycles. The van der Waals surface area contributed by atoms with Gasteiger partial charge in [0, 0.05) is 51.9 Å². The van der Waals surface area contributed by atoms with Gasteiger partial charge >= 0.3 is 6.03 Å². The van der Waals surface area contributed by atoms with Crippen molar-refractivity contribution >= 4 is 29.9 Å². The quantitative estimate of drug-likeness (QED) is 0.504. The monoisotopic (exact) mass is 534 g/mol. The number of methoxy groups -OCH3 is 2. The fourth-order valence-corrected chi connectivity index (χ4v) is 5.15. The molecule has 0 radical (unpaired) electrons. The van der Waals surface area contributed by atoms with Gasteiger partial charge in [0.15, 0.2) is 6.29 Å². The maximum atomic E-state index is 13.3. The van der Waals surface area contributed by atoms with E-state index in [1.54, 1.807) is 12.0 Å². The summed E-state index contributed by atoms with van der Waals surface area (Å²) in [4.78, 5) is 49.6. The van der Waals surface area contributed by atoms with Crippen molar-refractivity contribution in [1.82, 2.24) is 14.9 Å². The molecular weight excluding hydrogens is 504 g/mol. The number of nitriles is 1. The molecule has 2 aromatic heterocycles. The lowest BCUT2D eigenvalue weighted by molar-refractivity contribution is -0.136. The fourth-order valence-electron chi connectivity index (χ4n) is 5.15. The molecule has 0 spiro atoms. The zero-order valence-electron chi connectivity index (χ0n) is 21.9. The van der Waals surface area contributed by atoms with Gasteiger partial charge in [0.25, 0.3) is 5.91 Å². The zero-order valence-corrected chi connectivity index (χ0v) is 21.9. The normalized spacial score (nSPS) is 22.1. The van der Waals surface area contributed by atoms with E-state index < -0.39 is 12.1 Å². The zero-order chi connectivity index (χ0) is 27.5. The number of carbonyl (C=O) groups excluding carboxylic acids is 3. The summed E-state index contributed by atoms with van der Waals surface area (Å²) in [6.45, 7) is 1.19. The number of aromatic nitrogens is 2. The highest BCUT2D eigenvalue weighted by Gasteiger charge is 2.34. The highest BCUT2D eigenvalue weighted by atomic mass is 16.5. The van der Waals surface area contributed by atoms with E-state index in [9.17, 15) is 19.6 Å². The van der Waals surface area contributed by atoms with E-state index in [0.717, 1.165) is 18.4 Å². The number of nitrogens with zero attached hydrogens (tertiary/aromatic N) is 5. The Balaban J connectivity index is 1.34. The summed E-state index contributed by atoms with van der Waals surface area (Å²) in [6.07, 6.45) is 5.00. The van der Waals surface area contributed by atoms with Crippen molar-refractivity contribution in [3.63, 3.8) is 0 Å². The number of ether oxygens (including phenoxy) is 3. The summed E-state index contributed by atoms with van der Waals surface area (Å²) in [5.74, 6) is 0.838. The van der Waals surface area contributed by atoms with E-state index in [-0.39, 0.29) is 41.7 Å². The molecule has 3 atom stereocenters. The molecule has 0 bridgehead atoms. The van der Waals surface area contributed by atoms with Crippen LogP contribution in [0.5, 0.6) is 5.75 Å². The number of hydrogen-bond donors (Lipinski definition) is 1. The number of anilines is 2. The van der Waals surface area contributed by atoms with Crippen LogP contribution < -0.4 is 15.0 Å². The summed E-state index contributed by atoms with van der Waals surface area (Å²) >= 11 is 0. The molecule has 0 unspecified atom stereocenters. The number of likely N-dealkylation sites (tertiary alicyclic amines) is 1. The van der Waals surface area contributed by atoms with E-state index in [1.165, 1.54) is 24.3 Å². The Bertz CT molecular complexity index is 1320. The van der Waals surface area contributed by atoms with Crippen LogP contribution in [0.2, 0.25) is 0 Å². The van der Waals surface area contributed by atoms with Crippen LogP contribution in [0.3, 0.4) is 0 Å². The minimum atomic E-state index is -0.466. The number of nitrogens with one attached hydrogen (secondary N) is 1. The molecule has 3 aliphatic rings. The van der Waals surface area contributed by atoms with Crippen molar-refractivity contribution in [1.29, 1.82) is 5.26 Å². The summed E-state index contributed by atoms with van der Waals surface area (Å²) in [7, 11) is 3.13. The Kier molecular flexibility index (Phi) is 7.72. The van der Waals surface area contributed by atoms with Gasteiger partial charge < -0.3 is 19.1 Å². The summed E-state index contributed by atoms with van der Waals surface area (Å²) in [6, 6.07) is 4.98. The Morgan fingerprint density at radius 2 is 2.03 bits per heavy atom. The number of aldehydes is 1. The predicted molar refractivity (Wildman–Crippen MR) is 139 cm³/mol. The first kappa shape index (κ1) is 26.5. The van der Waals surface area contributed by atoms with Crippen LogP contribution in [0.25, 0.3) is 0 Å². The van der Waals surface area contributed by atoms with Gasteiger partial charge in [-0.1, -0.05) is 0 Å². The minimum Gasteiger partial charge on any atom is -0.486 e. The highest BCUT2D eigenvalue weighted by molar-refractivity contribution is 6.01. The molecule has 2 aromatic rings. The molecule has 1 N–H and O–H groups in total. The van der Waals surface area contributed by atoms with E-state index >= 15 is 0 Å². The van der Waals surface area contributed by atoms with Crippen LogP contribution in [0.15, 0.2) is 18.3 Å². The first-order valence-electron chi connectivity index (χ1n) is 12.9. The molecule has 12 nitrogen and oxygen atoms in total. The Hall–Kier alpha value is -4.08. The van der Waals surface area contributed by atoms with Gasteiger partial charge in [-0.15, -0.1) is 0 Å². The molecule has 1 saturated carbocycles. The van der Waals surface area contributed by atoms with Crippen LogP contribution in [0, 0.1) is 11.3 Å². The SMILES string of the molecule is CO[C@H]1CCN(Cc2cc3c(nc2C=O)N(C(=O)Nc2cc(O[C@H]4CC[C@H]4OC)c(C#N)cn2)CCC3)C1=O. The van der Waals surface area contributed by atoms with Gasteiger partial charge in [-0.25, -0.2) is 14.8 Å². The van der Waals surface area contributed by atoms with Crippen LogP contribution in [0.1, 0.15) is 52.9 Å². The van der Waals surface area contributed by atoms with E-state index in [4.69, 9.17) is 14.2 Å². The van der Waals surface area contributed by atoms with Gasteiger partial charge in [-0.3, -0.25) is 19.8 Å². The van der Waals surface area contributed by atoms with Crippen LogP contribution >= 0.6 is 0 Å². The lowest BCUT2D eigenvalue weighted by Crippen LogP contribution is -2.42.